The Morgan fingerprint density at radius 1 is 1.21 bits per heavy atom. The van der Waals surface area contributed by atoms with Gasteiger partial charge in [0.1, 0.15) is 11.9 Å². The van der Waals surface area contributed by atoms with Crippen LogP contribution in [0.15, 0.2) is 34.4 Å². The van der Waals surface area contributed by atoms with Gasteiger partial charge < -0.3 is 10.6 Å². The maximum atomic E-state index is 13.1. The molecule has 1 saturated heterocycles. The normalized spacial score (nSPS) is 16.4. The van der Waals surface area contributed by atoms with E-state index < -0.39 is 11.9 Å². The molecular formula is C24H27N5O4S. The van der Waals surface area contributed by atoms with E-state index >= 15 is 0 Å². The summed E-state index contributed by atoms with van der Waals surface area (Å²) in [5.41, 5.74) is 2.06. The fourth-order valence-electron chi connectivity index (χ4n) is 3.97. The van der Waals surface area contributed by atoms with Gasteiger partial charge in [0, 0.05) is 17.5 Å². The van der Waals surface area contributed by atoms with Gasteiger partial charge in [-0.3, -0.25) is 24.3 Å². The van der Waals surface area contributed by atoms with E-state index in [9.17, 15) is 19.2 Å². The Hall–Kier alpha value is -3.53. The number of aryl methyl sites for hydroxylation is 1. The molecule has 3 heterocycles. The minimum Gasteiger partial charge on any atom is -0.333 e. The highest BCUT2D eigenvalue weighted by molar-refractivity contribution is 7.11. The van der Waals surface area contributed by atoms with Gasteiger partial charge in [0.15, 0.2) is 0 Å². The molecule has 0 radical (unpaired) electrons. The summed E-state index contributed by atoms with van der Waals surface area (Å²) in [4.78, 5) is 54.6. The van der Waals surface area contributed by atoms with Crippen molar-refractivity contribution in [3.8, 4) is 0 Å². The predicted molar refractivity (Wildman–Crippen MR) is 131 cm³/mol. The molecule has 1 fully saturated rings. The number of hydrogen-bond acceptors (Lipinski definition) is 6. The maximum Gasteiger partial charge on any atom is 0.319 e. The first-order valence-electron chi connectivity index (χ1n) is 11.0. The Morgan fingerprint density at radius 2 is 1.91 bits per heavy atom. The third-order valence-electron chi connectivity index (χ3n) is 5.85. The summed E-state index contributed by atoms with van der Waals surface area (Å²) in [5.74, 6) is -0.449. The standard InChI is InChI=1S/C24H27N5O4S/c1-13-26-20-16(22(32)29(13)17-9-10-19(30)28-21(17)31)12-34-18(20)11-25-23(33)27-15-7-5-14(6-8-15)24(2,3)4/h5-8,12,17H,9-11H2,1-4H3,(H2,25,27,33)(H,28,30,31). The number of carbonyl (C=O) groups is 3. The van der Waals surface area contributed by atoms with E-state index in [1.54, 1.807) is 12.3 Å². The van der Waals surface area contributed by atoms with Gasteiger partial charge in [-0.2, -0.15) is 0 Å². The Morgan fingerprint density at radius 3 is 2.56 bits per heavy atom. The van der Waals surface area contributed by atoms with Gasteiger partial charge in [-0.1, -0.05) is 32.9 Å². The van der Waals surface area contributed by atoms with Gasteiger partial charge in [0.2, 0.25) is 11.8 Å². The third kappa shape index (κ3) is 4.72. The number of aromatic nitrogens is 2. The highest BCUT2D eigenvalue weighted by Gasteiger charge is 2.30. The summed E-state index contributed by atoms with van der Waals surface area (Å²) >= 11 is 1.32. The van der Waals surface area contributed by atoms with Crippen molar-refractivity contribution in [2.75, 3.05) is 5.32 Å². The van der Waals surface area contributed by atoms with Crippen LogP contribution in [-0.2, 0) is 21.5 Å². The van der Waals surface area contributed by atoms with Crippen molar-refractivity contribution in [3.05, 3.63) is 56.3 Å². The van der Waals surface area contributed by atoms with E-state index in [0.717, 1.165) is 4.88 Å². The molecule has 10 heteroatoms. The lowest BCUT2D eigenvalue weighted by Gasteiger charge is -2.24. The molecule has 2 aromatic heterocycles. The molecule has 0 saturated carbocycles. The van der Waals surface area contributed by atoms with E-state index in [1.165, 1.54) is 21.5 Å². The van der Waals surface area contributed by atoms with Gasteiger partial charge >= 0.3 is 6.03 Å². The number of urea groups is 1. The van der Waals surface area contributed by atoms with Crippen LogP contribution in [0.2, 0.25) is 0 Å². The molecule has 0 aliphatic carbocycles. The molecule has 0 spiro atoms. The summed E-state index contributed by atoms with van der Waals surface area (Å²) < 4.78 is 1.35. The van der Waals surface area contributed by atoms with E-state index in [-0.39, 0.29) is 42.3 Å². The van der Waals surface area contributed by atoms with E-state index in [4.69, 9.17) is 0 Å². The average molecular weight is 482 g/mol. The molecule has 3 N–H and O–H groups in total. The fourth-order valence-corrected chi connectivity index (χ4v) is 4.86. The zero-order valence-corrected chi connectivity index (χ0v) is 20.3. The van der Waals surface area contributed by atoms with E-state index in [2.05, 4.69) is 41.7 Å². The first-order chi connectivity index (χ1) is 16.0. The lowest BCUT2D eigenvalue weighted by atomic mass is 9.87. The first kappa shape index (κ1) is 23.6. The smallest absolute Gasteiger partial charge is 0.319 e. The second-order valence-electron chi connectivity index (χ2n) is 9.36. The number of anilines is 1. The number of nitrogens with zero attached hydrogens (tertiary/aromatic N) is 2. The van der Waals surface area contributed by atoms with Crippen molar-refractivity contribution < 1.29 is 14.4 Å². The number of imide groups is 1. The summed E-state index contributed by atoms with van der Waals surface area (Å²) in [7, 11) is 0. The van der Waals surface area contributed by atoms with Crippen LogP contribution in [0.3, 0.4) is 0 Å². The number of hydrogen-bond donors (Lipinski definition) is 3. The van der Waals surface area contributed by atoms with E-state index in [1.807, 2.05) is 24.3 Å². The van der Waals surface area contributed by atoms with Crippen LogP contribution in [0.25, 0.3) is 10.9 Å². The monoisotopic (exact) mass is 481 g/mol. The molecule has 9 nitrogen and oxygen atoms in total. The SMILES string of the molecule is Cc1nc2c(CNC(=O)Nc3ccc(C(C)(C)C)cc3)scc2c(=O)n1C1CCC(=O)NC1=O. The lowest BCUT2D eigenvalue weighted by Crippen LogP contribution is -2.45. The largest absolute Gasteiger partial charge is 0.333 e. The zero-order valence-electron chi connectivity index (χ0n) is 19.5. The fraction of sp³-hybridized carbons (Fsp3) is 0.375. The predicted octanol–water partition coefficient (Wildman–Crippen LogP) is 3.36. The summed E-state index contributed by atoms with van der Waals surface area (Å²) in [6, 6.07) is 6.58. The van der Waals surface area contributed by atoms with Gasteiger partial charge in [0.05, 0.1) is 22.3 Å². The van der Waals surface area contributed by atoms with Crippen LogP contribution < -0.4 is 21.5 Å². The van der Waals surface area contributed by atoms with Crippen LogP contribution in [-0.4, -0.2) is 27.4 Å². The van der Waals surface area contributed by atoms with Crippen molar-refractivity contribution in [2.45, 2.75) is 58.5 Å². The van der Waals surface area contributed by atoms with Gasteiger partial charge in [-0.05, 0) is 36.5 Å². The van der Waals surface area contributed by atoms with Crippen molar-refractivity contribution in [1.29, 1.82) is 0 Å². The number of benzene rings is 1. The zero-order chi connectivity index (χ0) is 24.6. The maximum absolute atomic E-state index is 13.1. The van der Waals surface area contributed by atoms with Crippen LogP contribution >= 0.6 is 11.3 Å². The summed E-state index contributed by atoms with van der Waals surface area (Å²) in [6.45, 7) is 8.25. The van der Waals surface area contributed by atoms with Crippen molar-refractivity contribution in [3.63, 3.8) is 0 Å². The Balaban J connectivity index is 1.48. The van der Waals surface area contributed by atoms with Gasteiger partial charge in [0.25, 0.3) is 5.56 Å². The average Bonchev–Trinajstić information content (AvgIpc) is 3.16. The Kier molecular flexibility index (Phi) is 6.26. The minimum absolute atomic E-state index is 0.0307. The van der Waals surface area contributed by atoms with Gasteiger partial charge in [-0.25, -0.2) is 9.78 Å². The third-order valence-corrected chi connectivity index (χ3v) is 6.83. The summed E-state index contributed by atoms with van der Waals surface area (Å²) in [6.07, 6.45) is 0.432. The first-order valence-corrected chi connectivity index (χ1v) is 11.9. The molecule has 3 aromatic rings. The number of thiophene rings is 1. The molecular weight excluding hydrogens is 454 g/mol. The second kappa shape index (κ2) is 9.02. The topological polar surface area (TPSA) is 122 Å². The van der Waals surface area contributed by atoms with Gasteiger partial charge in [-0.15, -0.1) is 11.3 Å². The van der Waals surface area contributed by atoms with Crippen molar-refractivity contribution in [2.24, 2.45) is 0 Å². The number of rotatable bonds is 4. The molecule has 4 rings (SSSR count). The molecule has 1 unspecified atom stereocenters. The van der Waals surface area contributed by atoms with Crippen LogP contribution in [0.5, 0.6) is 0 Å². The molecule has 1 aliphatic rings. The Bertz CT molecular complexity index is 1330. The number of amides is 4. The second-order valence-corrected chi connectivity index (χ2v) is 10.3. The quantitative estimate of drug-likeness (QED) is 0.493. The molecule has 178 valence electrons. The van der Waals surface area contributed by atoms with Crippen LogP contribution in [0, 0.1) is 6.92 Å². The number of fused-ring (bicyclic) bond motifs is 1. The lowest BCUT2D eigenvalue weighted by molar-refractivity contribution is -0.135. The molecule has 0 bridgehead atoms. The minimum atomic E-state index is -0.765. The Labute approximate surface area is 200 Å². The van der Waals surface area contributed by atoms with Crippen LogP contribution in [0.4, 0.5) is 10.5 Å². The van der Waals surface area contributed by atoms with Crippen molar-refractivity contribution in [1.82, 2.24) is 20.2 Å². The molecule has 1 aromatic carbocycles. The highest BCUT2D eigenvalue weighted by atomic mass is 32.1. The number of piperidine rings is 1. The molecule has 4 amide bonds. The molecule has 34 heavy (non-hydrogen) atoms. The molecule has 1 atom stereocenters. The van der Waals surface area contributed by atoms with E-state index in [0.29, 0.717) is 22.4 Å². The highest BCUT2D eigenvalue weighted by Crippen LogP contribution is 2.25. The summed E-state index contributed by atoms with van der Waals surface area (Å²) in [5, 5.41) is 9.97. The number of nitrogens with one attached hydrogen (secondary N) is 3. The number of carbonyl (C=O) groups excluding carboxylic acids is 3. The molecule has 1 aliphatic heterocycles. The van der Waals surface area contributed by atoms with Crippen LogP contribution in [0.1, 0.15) is 55.9 Å². The van der Waals surface area contributed by atoms with Crippen molar-refractivity contribution >= 4 is 45.8 Å².